The summed E-state index contributed by atoms with van der Waals surface area (Å²) in [6, 6.07) is 0.167. The first-order valence-electron chi connectivity index (χ1n) is 7.61. The van der Waals surface area contributed by atoms with E-state index in [1.54, 1.807) is 6.20 Å². The number of nitrogens with one attached hydrogen (secondary N) is 1. The molecule has 2 atom stereocenters. The number of aryl methyl sites for hydroxylation is 1. The second kappa shape index (κ2) is 6.35. The van der Waals surface area contributed by atoms with E-state index >= 15 is 0 Å². The van der Waals surface area contributed by atoms with Gasteiger partial charge >= 0.3 is 0 Å². The summed E-state index contributed by atoms with van der Waals surface area (Å²) in [6.07, 6.45) is 8.71. The Hall–Kier alpha value is -1.43. The molecular weight excluding hydrogens is 256 g/mol. The third-order valence-electron chi connectivity index (χ3n) is 4.22. The number of carbonyl (C=O) groups excluding carboxylic acids is 1. The molecule has 0 bridgehead atoms. The van der Waals surface area contributed by atoms with Crippen LogP contribution in [0.5, 0.6) is 0 Å². The number of nitrogens with zero attached hydrogens (tertiary/aromatic N) is 3. The third kappa shape index (κ3) is 3.17. The average Bonchev–Trinajstić information content (AvgIpc) is 2.89. The Balaban J connectivity index is 1.73. The van der Waals surface area contributed by atoms with Crippen LogP contribution in [0, 0.1) is 0 Å². The highest BCUT2D eigenvalue weighted by Crippen LogP contribution is 2.23. The molecule has 0 saturated heterocycles. The largest absolute Gasteiger partial charge is 0.370 e. The highest BCUT2D eigenvalue weighted by Gasteiger charge is 2.27. The molecule has 2 heterocycles. The number of amides is 1. The molecule has 1 saturated carbocycles. The fourth-order valence-corrected chi connectivity index (χ4v) is 3.06. The lowest BCUT2D eigenvalue weighted by Crippen LogP contribution is -2.46. The zero-order chi connectivity index (χ0) is 13.8. The highest BCUT2D eigenvalue weighted by molar-refractivity contribution is 5.76. The van der Waals surface area contributed by atoms with Crippen molar-refractivity contribution in [1.82, 2.24) is 20.3 Å². The molecule has 1 fully saturated rings. The molecule has 1 aliphatic carbocycles. The Bertz CT molecular complexity index is 460. The van der Waals surface area contributed by atoms with Crippen molar-refractivity contribution in [2.75, 3.05) is 0 Å². The van der Waals surface area contributed by atoms with Gasteiger partial charge in [-0.1, -0.05) is 18.1 Å². The van der Waals surface area contributed by atoms with Crippen LogP contribution in [0.3, 0.4) is 0 Å². The highest BCUT2D eigenvalue weighted by atomic mass is 16.5. The molecule has 3 rings (SSSR count). The van der Waals surface area contributed by atoms with Crippen molar-refractivity contribution in [3.8, 4) is 0 Å². The summed E-state index contributed by atoms with van der Waals surface area (Å²) < 4.78 is 7.94. The maximum absolute atomic E-state index is 11.9. The van der Waals surface area contributed by atoms with Crippen LogP contribution in [-0.2, 0) is 22.7 Å². The van der Waals surface area contributed by atoms with Gasteiger partial charge in [0.2, 0.25) is 5.91 Å². The van der Waals surface area contributed by atoms with Gasteiger partial charge in [0.1, 0.15) is 0 Å². The van der Waals surface area contributed by atoms with Crippen molar-refractivity contribution in [3.63, 3.8) is 0 Å². The molecule has 0 spiro atoms. The Morgan fingerprint density at radius 1 is 1.25 bits per heavy atom. The summed E-state index contributed by atoms with van der Waals surface area (Å²) in [7, 11) is 0. The smallest absolute Gasteiger partial charge is 0.220 e. The summed E-state index contributed by atoms with van der Waals surface area (Å²) in [5, 5.41) is 11.2. The van der Waals surface area contributed by atoms with E-state index in [1.165, 1.54) is 12.8 Å². The van der Waals surface area contributed by atoms with Gasteiger partial charge in [-0.2, -0.15) is 0 Å². The topological polar surface area (TPSA) is 69.0 Å². The van der Waals surface area contributed by atoms with Crippen molar-refractivity contribution >= 4 is 5.91 Å². The van der Waals surface area contributed by atoms with Gasteiger partial charge in [0, 0.05) is 13.0 Å². The standard InChI is InChI=1S/C14H22N4O2/c19-14-7-3-4-8-18-11(9-15-17-18)10-20-13-6-2-1-5-12(13)16-14/h9,12-13H,1-8,10H2,(H,16,19). The van der Waals surface area contributed by atoms with Gasteiger partial charge in [0.25, 0.3) is 0 Å². The molecule has 2 unspecified atom stereocenters. The number of rotatable bonds is 0. The molecular formula is C14H22N4O2. The van der Waals surface area contributed by atoms with Crippen molar-refractivity contribution < 1.29 is 9.53 Å². The second-order valence-corrected chi connectivity index (χ2v) is 5.71. The van der Waals surface area contributed by atoms with Crippen molar-refractivity contribution in [1.29, 1.82) is 0 Å². The first-order chi connectivity index (χ1) is 9.83. The molecule has 0 aromatic carbocycles. The minimum atomic E-state index is 0.121. The molecule has 1 aromatic rings. The quantitative estimate of drug-likeness (QED) is 0.779. The summed E-state index contributed by atoms with van der Waals surface area (Å²) >= 11 is 0. The molecule has 0 radical (unpaired) electrons. The van der Waals surface area contributed by atoms with Gasteiger partial charge in [-0.3, -0.25) is 4.79 Å². The van der Waals surface area contributed by atoms with Crippen LogP contribution >= 0.6 is 0 Å². The number of hydrogen-bond donors (Lipinski definition) is 1. The lowest BCUT2D eigenvalue weighted by Gasteiger charge is -2.32. The van der Waals surface area contributed by atoms with Crippen LogP contribution in [0.1, 0.15) is 50.6 Å². The van der Waals surface area contributed by atoms with Crippen LogP contribution in [0.2, 0.25) is 0 Å². The van der Waals surface area contributed by atoms with E-state index in [2.05, 4.69) is 15.6 Å². The number of carbonyl (C=O) groups is 1. The molecule has 20 heavy (non-hydrogen) atoms. The van der Waals surface area contributed by atoms with Gasteiger partial charge in [0.15, 0.2) is 0 Å². The Kier molecular flexibility index (Phi) is 4.30. The Labute approximate surface area is 118 Å². The summed E-state index contributed by atoms with van der Waals surface area (Å²) in [5.41, 5.74) is 1.03. The van der Waals surface area contributed by atoms with Crippen LogP contribution in [0.25, 0.3) is 0 Å². The lowest BCUT2D eigenvalue weighted by molar-refractivity contribution is -0.124. The molecule has 1 N–H and O–H groups in total. The zero-order valence-electron chi connectivity index (χ0n) is 11.8. The van der Waals surface area contributed by atoms with E-state index in [9.17, 15) is 4.79 Å². The maximum Gasteiger partial charge on any atom is 0.220 e. The van der Waals surface area contributed by atoms with Gasteiger partial charge in [-0.05, 0) is 25.7 Å². The first-order valence-corrected chi connectivity index (χ1v) is 7.61. The van der Waals surface area contributed by atoms with E-state index < -0.39 is 0 Å². The molecule has 2 aliphatic rings. The zero-order valence-corrected chi connectivity index (χ0v) is 11.8. The SMILES string of the molecule is O=C1CCCCn2nncc2COC2CCCCC2N1. The molecule has 1 aromatic heterocycles. The number of ether oxygens (including phenoxy) is 1. The van der Waals surface area contributed by atoms with E-state index in [1.807, 2.05) is 4.68 Å². The summed E-state index contributed by atoms with van der Waals surface area (Å²) in [6.45, 7) is 1.34. The van der Waals surface area contributed by atoms with Crippen LogP contribution in [0.4, 0.5) is 0 Å². The maximum atomic E-state index is 11.9. The fourth-order valence-electron chi connectivity index (χ4n) is 3.06. The van der Waals surface area contributed by atoms with Crippen molar-refractivity contribution in [2.24, 2.45) is 0 Å². The van der Waals surface area contributed by atoms with Gasteiger partial charge < -0.3 is 10.1 Å². The summed E-state index contributed by atoms with van der Waals surface area (Å²) in [5.74, 6) is 0.157. The molecule has 6 heteroatoms. The number of aromatic nitrogens is 3. The minimum Gasteiger partial charge on any atom is -0.370 e. The Morgan fingerprint density at radius 2 is 2.15 bits per heavy atom. The third-order valence-corrected chi connectivity index (χ3v) is 4.22. The molecule has 1 amide bonds. The average molecular weight is 278 g/mol. The Morgan fingerprint density at radius 3 is 3.10 bits per heavy atom. The van der Waals surface area contributed by atoms with Gasteiger partial charge in [-0.25, -0.2) is 4.68 Å². The predicted molar refractivity (Wildman–Crippen MR) is 72.8 cm³/mol. The van der Waals surface area contributed by atoms with E-state index in [0.29, 0.717) is 13.0 Å². The van der Waals surface area contributed by atoms with Crippen LogP contribution < -0.4 is 5.32 Å². The summed E-state index contributed by atoms with van der Waals surface area (Å²) in [4.78, 5) is 11.9. The lowest BCUT2D eigenvalue weighted by atomic mass is 9.92. The molecule has 1 aliphatic heterocycles. The van der Waals surface area contributed by atoms with Crippen molar-refractivity contribution in [3.05, 3.63) is 11.9 Å². The predicted octanol–water partition coefficient (Wildman–Crippen LogP) is 1.41. The first kappa shape index (κ1) is 13.5. The van der Waals surface area contributed by atoms with E-state index in [0.717, 1.165) is 37.9 Å². The number of hydrogen-bond acceptors (Lipinski definition) is 4. The monoisotopic (exact) mass is 278 g/mol. The molecule has 110 valence electrons. The van der Waals surface area contributed by atoms with E-state index in [4.69, 9.17) is 4.74 Å². The number of fused-ring (bicyclic) bond motifs is 2. The van der Waals surface area contributed by atoms with Gasteiger partial charge in [0.05, 0.1) is 30.6 Å². The van der Waals surface area contributed by atoms with Crippen molar-refractivity contribution in [2.45, 2.75) is 70.2 Å². The molecule has 6 nitrogen and oxygen atoms in total. The van der Waals surface area contributed by atoms with Crippen LogP contribution in [0.15, 0.2) is 6.20 Å². The fraction of sp³-hybridized carbons (Fsp3) is 0.786. The normalized spacial score (nSPS) is 28.5. The second-order valence-electron chi connectivity index (χ2n) is 5.71. The minimum absolute atomic E-state index is 0.121. The van der Waals surface area contributed by atoms with E-state index in [-0.39, 0.29) is 18.1 Å². The van der Waals surface area contributed by atoms with Gasteiger partial charge in [-0.15, -0.1) is 5.10 Å². The van der Waals surface area contributed by atoms with Crippen LogP contribution in [-0.4, -0.2) is 33.0 Å².